The van der Waals surface area contributed by atoms with E-state index in [0.29, 0.717) is 23.7 Å². The van der Waals surface area contributed by atoms with Gasteiger partial charge in [0.05, 0.1) is 18.3 Å². The van der Waals surface area contributed by atoms with Gasteiger partial charge >= 0.3 is 0 Å². The van der Waals surface area contributed by atoms with Gasteiger partial charge in [-0.2, -0.15) is 5.26 Å². The Hall–Kier alpha value is -1.97. The third kappa shape index (κ3) is 5.62. The quantitative estimate of drug-likeness (QED) is 0.859. The summed E-state index contributed by atoms with van der Waals surface area (Å²) in [6.07, 6.45) is 2.39. The number of pyridine rings is 1. The smallest absolute Gasteiger partial charge is 0.252 e. The van der Waals surface area contributed by atoms with Crippen LogP contribution < -0.4 is 5.32 Å². The molecule has 6 nitrogen and oxygen atoms in total. The maximum Gasteiger partial charge on any atom is 0.252 e. The minimum atomic E-state index is -0.170. The second-order valence-corrected chi connectivity index (χ2v) is 6.23. The van der Waals surface area contributed by atoms with Gasteiger partial charge in [-0.1, -0.05) is 13.8 Å². The summed E-state index contributed by atoms with van der Waals surface area (Å²) in [5.41, 5.74) is 0.775. The number of hydrogen-bond donors (Lipinski definition) is 1. The van der Waals surface area contributed by atoms with Crippen molar-refractivity contribution in [1.82, 2.24) is 15.2 Å². The number of aromatic nitrogens is 1. The van der Waals surface area contributed by atoms with Gasteiger partial charge in [-0.3, -0.25) is 9.69 Å². The van der Waals surface area contributed by atoms with E-state index in [0.717, 1.165) is 32.7 Å². The zero-order valence-electron chi connectivity index (χ0n) is 13.8. The predicted octanol–water partition coefficient (Wildman–Crippen LogP) is 1.43. The van der Waals surface area contributed by atoms with E-state index in [1.54, 1.807) is 12.1 Å². The minimum absolute atomic E-state index is 0.168. The summed E-state index contributed by atoms with van der Waals surface area (Å²) < 4.78 is 5.77. The van der Waals surface area contributed by atoms with Gasteiger partial charge in [0.2, 0.25) is 0 Å². The van der Waals surface area contributed by atoms with Crippen LogP contribution in [0, 0.1) is 17.2 Å². The molecule has 0 saturated carbocycles. The normalized spacial score (nSPS) is 18.6. The summed E-state index contributed by atoms with van der Waals surface area (Å²) in [5.74, 6) is 0.481. The first kappa shape index (κ1) is 17.4. The molecule has 1 saturated heterocycles. The van der Waals surface area contributed by atoms with E-state index in [-0.39, 0.29) is 12.0 Å². The second-order valence-electron chi connectivity index (χ2n) is 6.23. The van der Waals surface area contributed by atoms with Gasteiger partial charge < -0.3 is 10.1 Å². The second kappa shape index (κ2) is 8.61. The average Bonchev–Trinajstić information content (AvgIpc) is 2.54. The highest BCUT2D eigenvalue weighted by Crippen LogP contribution is 2.10. The van der Waals surface area contributed by atoms with Crippen molar-refractivity contribution >= 4 is 5.91 Å². The van der Waals surface area contributed by atoms with Crippen molar-refractivity contribution in [2.24, 2.45) is 5.92 Å². The Morgan fingerprint density at radius 3 is 3.04 bits per heavy atom. The van der Waals surface area contributed by atoms with Crippen LogP contribution in [-0.2, 0) is 4.74 Å². The van der Waals surface area contributed by atoms with Crippen molar-refractivity contribution < 1.29 is 9.53 Å². The molecule has 1 amide bonds. The molecule has 2 heterocycles. The fourth-order valence-electron chi connectivity index (χ4n) is 2.68. The lowest BCUT2D eigenvalue weighted by molar-refractivity contribution is -0.0344. The molecule has 1 aliphatic heterocycles. The Morgan fingerprint density at radius 1 is 1.57 bits per heavy atom. The highest BCUT2D eigenvalue weighted by atomic mass is 16.5. The average molecular weight is 316 g/mol. The fourth-order valence-corrected chi connectivity index (χ4v) is 2.68. The van der Waals surface area contributed by atoms with E-state index >= 15 is 0 Å². The molecule has 0 unspecified atom stereocenters. The third-order valence-electron chi connectivity index (χ3n) is 3.74. The molecule has 0 radical (unpaired) electrons. The van der Waals surface area contributed by atoms with E-state index in [1.165, 1.54) is 6.20 Å². The molecule has 2 rings (SSSR count). The number of nitrogens with zero attached hydrogens (tertiary/aromatic N) is 3. The molecule has 124 valence electrons. The van der Waals surface area contributed by atoms with E-state index in [4.69, 9.17) is 10.00 Å². The standard InChI is InChI=1S/C17H24N4O2/c1-13(2)11-21-7-8-23-16(12-21)5-6-19-17(22)14-3-4-15(9-18)20-10-14/h3-4,10,13,16H,5-8,11-12H2,1-2H3,(H,19,22)/t16-/m0/s1. The first-order valence-corrected chi connectivity index (χ1v) is 8.06. The largest absolute Gasteiger partial charge is 0.375 e. The molecular weight excluding hydrogens is 292 g/mol. The molecule has 0 bridgehead atoms. The molecule has 1 N–H and O–H groups in total. The number of morpholine rings is 1. The van der Waals surface area contributed by atoms with Crippen molar-refractivity contribution in [3.63, 3.8) is 0 Å². The van der Waals surface area contributed by atoms with Crippen LogP contribution in [0.3, 0.4) is 0 Å². The summed E-state index contributed by atoms with van der Waals surface area (Å²) in [6.45, 7) is 8.75. The van der Waals surface area contributed by atoms with Crippen LogP contribution in [0.2, 0.25) is 0 Å². The van der Waals surface area contributed by atoms with Crippen LogP contribution in [-0.4, -0.2) is 54.7 Å². The summed E-state index contributed by atoms with van der Waals surface area (Å²) >= 11 is 0. The lowest BCUT2D eigenvalue weighted by Crippen LogP contribution is -2.45. The van der Waals surface area contributed by atoms with E-state index < -0.39 is 0 Å². The molecule has 23 heavy (non-hydrogen) atoms. The van der Waals surface area contributed by atoms with Crippen LogP contribution in [0.15, 0.2) is 18.3 Å². The molecule has 1 fully saturated rings. The molecule has 1 aliphatic rings. The van der Waals surface area contributed by atoms with E-state index in [2.05, 4.69) is 29.0 Å². The van der Waals surface area contributed by atoms with Crippen molar-refractivity contribution in [2.45, 2.75) is 26.4 Å². The lowest BCUT2D eigenvalue weighted by Gasteiger charge is -2.34. The molecule has 1 aromatic rings. The summed E-state index contributed by atoms with van der Waals surface area (Å²) in [6, 6.07) is 5.09. The molecule has 0 spiro atoms. The number of amides is 1. The van der Waals surface area contributed by atoms with Crippen molar-refractivity contribution in [3.05, 3.63) is 29.6 Å². The van der Waals surface area contributed by atoms with Crippen molar-refractivity contribution in [1.29, 1.82) is 5.26 Å². The van der Waals surface area contributed by atoms with Crippen molar-refractivity contribution in [2.75, 3.05) is 32.8 Å². The molecule has 0 aliphatic carbocycles. The summed E-state index contributed by atoms with van der Waals surface area (Å²) in [4.78, 5) is 18.3. The Labute approximate surface area is 137 Å². The predicted molar refractivity (Wildman–Crippen MR) is 86.9 cm³/mol. The highest BCUT2D eigenvalue weighted by molar-refractivity contribution is 5.93. The lowest BCUT2D eigenvalue weighted by atomic mass is 10.1. The monoisotopic (exact) mass is 316 g/mol. The van der Waals surface area contributed by atoms with Gasteiger partial charge in [-0.25, -0.2) is 4.98 Å². The SMILES string of the molecule is CC(C)CN1CCO[C@@H](CCNC(=O)c2ccc(C#N)nc2)C1. The molecule has 1 aromatic heterocycles. The van der Waals surface area contributed by atoms with Gasteiger partial charge in [0.15, 0.2) is 0 Å². The van der Waals surface area contributed by atoms with Crippen LogP contribution in [0.5, 0.6) is 0 Å². The number of nitrogens with one attached hydrogen (secondary N) is 1. The maximum absolute atomic E-state index is 12.0. The Kier molecular flexibility index (Phi) is 6.51. The Bertz CT molecular complexity index is 551. The van der Waals surface area contributed by atoms with E-state index in [9.17, 15) is 4.79 Å². The Balaban J connectivity index is 1.73. The van der Waals surface area contributed by atoms with Crippen LogP contribution in [0.25, 0.3) is 0 Å². The first-order chi connectivity index (χ1) is 11.1. The van der Waals surface area contributed by atoms with Crippen LogP contribution in [0.4, 0.5) is 0 Å². The topological polar surface area (TPSA) is 78.2 Å². The Morgan fingerprint density at radius 2 is 2.39 bits per heavy atom. The molecule has 0 aromatic carbocycles. The van der Waals surface area contributed by atoms with Gasteiger partial charge in [-0.05, 0) is 24.5 Å². The molecule has 6 heteroatoms. The number of carbonyl (C=O) groups is 1. The zero-order valence-corrected chi connectivity index (χ0v) is 13.8. The minimum Gasteiger partial charge on any atom is -0.375 e. The fraction of sp³-hybridized carbons (Fsp3) is 0.588. The number of nitriles is 1. The van der Waals surface area contributed by atoms with Gasteiger partial charge in [0.1, 0.15) is 11.8 Å². The van der Waals surface area contributed by atoms with Gasteiger partial charge in [0.25, 0.3) is 5.91 Å². The zero-order chi connectivity index (χ0) is 16.7. The first-order valence-electron chi connectivity index (χ1n) is 8.06. The van der Waals surface area contributed by atoms with Crippen LogP contribution in [0.1, 0.15) is 36.3 Å². The van der Waals surface area contributed by atoms with E-state index in [1.807, 2.05) is 6.07 Å². The molecular formula is C17H24N4O2. The molecule has 1 atom stereocenters. The van der Waals surface area contributed by atoms with Gasteiger partial charge in [-0.15, -0.1) is 0 Å². The summed E-state index contributed by atoms with van der Waals surface area (Å²) in [5, 5.41) is 11.6. The number of carbonyl (C=O) groups excluding carboxylic acids is 1. The number of rotatable bonds is 6. The van der Waals surface area contributed by atoms with Crippen LogP contribution >= 0.6 is 0 Å². The number of hydrogen-bond acceptors (Lipinski definition) is 5. The van der Waals surface area contributed by atoms with Crippen molar-refractivity contribution in [3.8, 4) is 6.07 Å². The third-order valence-corrected chi connectivity index (χ3v) is 3.74. The van der Waals surface area contributed by atoms with Gasteiger partial charge in [0, 0.05) is 32.4 Å². The highest BCUT2D eigenvalue weighted by Gasteiger charge is 2.20. The summed E-state index contributed by atoms with van der Waals surface area (Å²) in [7, 11) is 0. The maximum atomic E-state index is 12.0. The number of ether oxygens (including phenoxy) is 1.